The molecule has 0 saturated heterocycles. The highest BCUT2D eigenvalue weighted by atomic mass is 16.5. The third-order valence-electron chi connectivity index (χ3n) is 4.11. The molecule has 20 heavy (non-hydrogen) atoms. The van der Waals surface area contributed by atoms with Crippen LogP contribution in [0.2, 0.25) is 0 Å². The lowest BCUT2D eigenvalue weighted by atomic mass is 9.82. The number of hydrogen-bond donors (Lipinski definition) is 1. The number of rotatable bonds is 5. The Morgan fingerprint density at radius 3 is 2.75 bits per heavy atom. The van der Waals surface area contributed by atoms with E-state index in [-0.39, 0.29) is 11.8 Å². The lowest BCUT2D eigenvalue weighted by Crippen LogP contribution is -2.21. The van der Waals surface area contributed by atoms with Gasteiger partial charge >= 0.3 is 5.97 Å². The maximum Gasteiger partial charge on any atom is 0.307 e. The van der Waals surface area contributed by atoms with Gasteiger partial charge in [0.2, 0.25) is 0 Å². The van der Waals surface area contributed by atoms with Crippen molar-refractivity contribution >= 4 is 5.97 Å². The van der Waals surface area contributed by atoms with Crippen molar-refractivity contribution in [3.05, 3.63) is 29.8 Å². The first-order chi connectivity index (χ1) is 9.74. The molecule has 0 bridgehead atoms. The van der Waals surface area contributed by atoms with Crippen LogP contribution in [0.5, 0.6) is 5.75 Å². The first kappa shape index (κ1) is 14.9. The van der Waals surface area contributed by atoms with Crippen LogP contribution in [0.1, 0.15) is 56.9 Å². The van der Waals surface area contributed by atoms with Gasteiger partial charge in [0.1, 0.15) is 5.75 Å². The van der Waals surface area contributed by atoms with Crippen molar-refractivity contribution in [3.63, 3.8) is 0 Å². The second-order valence-electron chi connectivity index (χ2n) is 5.58. The lowest BCUT2D eigenvalue weighted by molar-refractivity contribution is -0.142. The van der Waals surface area contributed by atoms with Gasteiger partial charge in [-0.1, -0.05) is 44.4 Å². The first-order valence-corrected chi connectivity index (χ1v) is 7.68. The van der Waals surface area contributed by atoms with Gasteiger partial charge < -0.3 is 9.84 Å². The maximum absolute atomic E-state index is 11.6. The lowest BCUT2D eigenvalue weighted by Gasteiger charge is -2.24. The van der Waals surface area contributed by atoms with Gasteiger partial charge in [0.05, 0.1) is 12.5 Å². The van der Waals surface area contributed by atoms with Gasteiger partial charge in [-0.25, -0.2) is 0 Å². The number of hydrogen-bond acceptors (Lipinski definition) is 2. The summed E-state index contributed by atoms with van der Waals surface area (Å²) >= 11 is 0. The standard InChI is InChI=1S/C17H24O3/c1-2-12-20-16-11-7-6-9-14(16)13-8-4-3-5-10-15(13)17(18)19/h6-7,9,11,13,15H,2-5,8,10,12H2,1H3,(H,18,19). The van der Waals surface area contributed by atoms with Gasteiger partial charge in [-0.2, -0.15) is 0 Å². The van der Waals surface area contributed by atoms with E-state index >= 15 is 0 Å². The Morgan fingerprint density at radius 2 is 2.00 bits per heavy atom. The van der Waals surface area contributed by atoms with Crippen molar-refractivity contribution in [3.8, 4) is 5.75 Å². The smallest absolute Gasteiger partial charge is 0.307 e. The molecule has 0 heterocycles. The molecule has 2 rings (SSSR count). The number of benzene rings is 1. The van der Waals surface area contributed by atoms with Crippen molar-refractivity contribution in [1.82, 2.24) is 0 Å². The zero-order valence-corrected chi connectivity index (χ0v) is 12.2. The van der Waals surface area contributed by atoms with Crippen LogP contribution in [0.3, 0.4) is 0 Å². The zero-order chi connectivity index (χ0) is 14.4. The van der Waals surface area contributed by atoms with Gasteiger partial charge in [0.15, 0.2) is 0 Å². The molecule has 0 spiro atoms. The van der Waals surface area contributed by atoms with E-state index in [9.17, 15) is 9.90 Å². The molecule has 1 fully saturated rings. The summed E-state index contributed by atoms with van der Waals surface area (Å²) in [6.45, 7) is 2.76. The van der Waals surface area contributed by atoms with Gasteiger partial charge in [0.25, 0.3) is 0 Å². The second kappa shape index (κ2) is 7.32. The Bertz CT molecular complexity index is 442. The predicted molar refractivity (Wildman–Crippen MR) is 79.2 cm³/mol. The Kier molecular flexibility index (Phi) is 5.45. The minimum Gasteiger partial charge on any atom is -0.493 e. The highest BCUT2D eigenvalue weighted by Crippen LogP contribution is 2.40. The summed E-state index contributed by atoms with van der Waals surface area (Å²) in [4.78, 5) is 11.6. The molecule has 110 valence electrons. The first-order valence-electron chi connectivity index (χ1n) is 7.68. The quantitative estimate of drug-likeness (QED) is 0.819. The van der Waals surface area contributed by atoms with Crippen molar-refractivity contribution < 1.29 is 14.6 Å². The molecule has 3 nitrogen and oxygen atoms in total. The molecule has 1 saturated carbocycles. The number of carboxylic acids is 1. The summed E-state index contributed by atoms with van der Waals surface area (Å²) in [7, 11) is 0. The molecule has 1 aliphatic carbocycles. The molecule has 3 heteroatoms. The van der Waals surface area contributed by atoms with Crippen molar-refractivity contribution in [1.29, 1.82) is 0 Å². The van der Waals surface area contributed by atoms with Crippen LogP contribution in [0.25, 0.3) is 0 Å². The van der Waals surface area contributed by atoms with Gasteiger partial charge in [-0.15, -0.1) is 0 Å². The van der Waals surface area contributed by atoms with E-state index in [4.69, 9.17) is 4.74 Å². The Balaban J connectivity index is 2.28. The number of carboxylic acid groups (broad SMARTS) is 1. The molecule has 0 aromatic heterocycles. The van der Waals surface area contributed by atoms with Crippen LogP contribution in [0, 0.1) is 5.92 Å². The fourth-order valence-corrected chi connectivity index (χ4v) is 3.11. The molecular formula is C17H24O3. The van der Waals surface area contributed by atoms with Crippen LogP contribution in [-0.4, -0.2) is 17.7 Å². The average molecular weight is 276 g/mol. The molecule has 0 amide bonds. The van der Waals surface area contributed by atoms with Crippen molar-refractivity contribution in [2.24, 2.45) is 5.92 Å². The predicted octanol–water partition coefficient (Wildman–Crippen LogP) is 4.22. The summed E-state index contributed by atoms with van der Waals surface area (Å²) < 4.78 is 5.82. The summed E-state index contributed by atoms with van der Waals surface area (Å²) in [5, 5.41) is 9.52. The minimum atomic E-state index is -0.665. The Morgan fingerprint density at radius 1 is 1.25 bits per heavy atom. The van der Waals surface area contributed by atoms with E-state index in [0.717, 1.165) is 49.8 Å². The monoisotopic (exact) mass is 276 g/mol. The second-order valence-corrected chi connectivity index (χ2v) is 5.58. The van der Waals surface area contributed by atoms with Crippen molar-refractivity contribution in [2.75, 3.05) is 6.61 Å². The van der Waals surface area contributed by atoms with Crippen molar-refractivity contribution in [2.45, 2.75) is 51.4 Å². The van der Waals surface area contributed by atoms with Crippen LogP contribution >= 0.6 is 0 Å². The van der Waals surface area contributed by atoms with E-state index in [1.807, 2.05) is 24.3 Å². The van der Waals surface area contributed by atoms with E-state index in [0.29, 0.717) is 6.61 Å². The Hall–Kier alpha value is -1.51. The summed E-state index contributed by atoms with van der Waals surface area (Å²) in [6.07, 6.45) is 5.95. The highest BCUT2D eigenvalue weighted by Gasteiger charge is 2.32. The van der Waals surface area contributed by atoms with Crippen LogP contribution in [-0.2, 0) is 4.79 Å². The molecule has 0 aliphatic heterocycles. The van der Waals surface area contributed by atoms with E-state index < -0.39 is 5.97 Å². The van der Waals surface area contributed by atoms with Gasteiger partial charge in [-0.05, 0) is 30.9 Å². The van der Waals surface area contributed by atoms with E-state index in [2.05, 4.69) is 6.92 Å². The summed E-state index contributed by atoms with van der Waals surface area (Å²) in [5.41, 5.74) is 1.08. The normalized spacial score (nSPS) is 23.1. The molecule has 0 radical (unpaired) electrons. The van der Waals surface area contributed by atoms with Gasteiger partial charge in [-0.3, -0.25) is 4.79 Å². The number of aliphatic carboxylic acids is 1. The molecule has 1 aliphatic rings. The number of para-hydroxylation sites is 1. The fraction of sp³-hybridized carbons (Fsp3) is 0.588. The van der Waals surface area contributed by atoms with E-state index in [1.165, 1.54) is 0 Å². The molecule has 2 atom stereocenters. The molecule has 2 unspecified atom stereocenters. The summed E-state index contributed by atoms with van der Waals surface area (Å²) in [6, 6.07) is 7.95. The third kappa shape index (κ3) is 3.53. The molecule has 1 aromatic rings. The average Bonchev–Trinajstić information content (AvgIpc) is 2.71. The van der Waals surface area contributed by atoms with Gasteiger partial charge in [0, 0.05) is 5.92 Å². The van der Waals surface area contributed by atoms with Crippen LogP contribution in [0.4, 0.5) is 0 Å². The topological polar surface area (TPSA) is 46.5 Å². The number of carbonyl (C=O) groups is 1. The van der Waals surface area contributed by atoms with Crippen LogP contribution in [0.15, 0.2) is 24.3 Å². The largest absolute Gasteiger partial charge is 0.493 e. The molecule has 1 aromatic carbocycles. The summed E-state index contributed by atoms with van der Waals surface area (Å²) in [5.74, 6) is 0.0154. The zero-order valence-electron chi connectivity index (χ0n) is 12.2. The van der Waals surface area contributed by atoms with Crippen LogP contribution < -0.4 is 4.74 Å². The Labute approximate surface area is 121 Å². The highest BCUT2D eigenvalue weighted by molar-refractivity contribution is 5.71. The maximum atomic E-state index is 11.6. The minimum absolute atomic E-state index is 0.0862. The number of ether oxygens (including phenoxy) is 1. The SMILES string of the molecule is CCCOc1ccccc1C1CCCCCC1C(=O)O. The third-order valence-corrected chi connectivity index (χ3v) is 4.11. The molecule has 1 N–H and O–H groups in total. The molecular weight excluding hydrogens is 252 g/mol. The fourth-order valence-electron chi connectivity index (χ4n) is 3.11. The van der Waals surface area contributed by atoms with E-state index in [1.54, 1.807) is 0 Å².